The molecule has 0 aliphatic heterocycles. The Morgan fingerprint density at radius 3 is 2.50 bits per heavy atom. The van der Waals surface area contributed by atoms with E-state index in [1.54, 1.807) is 0 Å². The molecule has 0 bridgehead atoms. The van der Waals surface area contributed by atoms with Crippen molar-refractivity contribution in [1.82, 2.24) is 5.32 Å². The SMILES string of the molecule is Cc1cccc(OCCNC(C)(C)C)c1C. The lowest BCUT2D eigenvalue weighted by Gasteiger charge is -2.20. The summed E-state index contributed by atoms with van der Waals surface area (Å²) < 4.78 is 5.75. The number of rotatable bonds is 4. The molecule has 2 heteroatoms. The van der Waals surface area contributed by atoms with Crippen LogP contribution >= 0.6 is 0 Å². The van der Waals surface area contributed by atoms with E-state index in [0.29, 0.717) is 6.61 Å². The number of ether oxygens (including phenoxy) is 1. The zero-order valence-electron chi connectivity index (χ0n) is 11.1. The molecule has 1 N–H and O–H groups in total. The lowest BCUT2D eigenvalue weighted by Crippen LogP contribution is -2.38. The van der Waals surface area contributed by atoms with Crippen molar-refractivity contribution in [2.45, 2.75) is 40.2 Å². The summed E-state index contributed by atoms with van der Waals surface area (Å²) >= 11 is 0. The first-order valence-electron chi connectivity index (χ1n) is 5.84. The molecule has 0 aliphatic carbocycles. The summed E-state index contributed by atoms with van der Waals surface area (Å²) in [5.41, 5.74) is 2.67. The molecule has 1 aromatic carbocycles. The van der Waals surface area contributed by atoms with E-state index in [4.69, 9.17) is 4.74 Å². The highest BCUT2D eigenvalue weighted by molar-refractivity contribution is 5.38. The van der Waals surface area contributed by atoms with E-state index in [1.807, 2.05) is 12.1 Å². The van der Waals surface area contributed by atoms with E-state index in [2.05, 4.69) is 46.0 Å². The molecule has 0 aromatic heterocycles. The molecule has 2 nitrogen and oxygen atoms in total. The minimum atomic E-state index is 0.158. The molecule has 0 atom stereocenters. The van der Waals surface area contributed by atoms with Crippen molar-refractivity contribution in [3.05, 3.63) is 29.3 Å². The Morgan fingerprint density at radius 2 is 1.88 bits per heavy atom. The Balaban J connectivity index is 2.41. The Morgan fingerprint density at radius 1 is 1.19 bits per heavy atom. The number of aryl methyl sites for hydroxylation is 1. The zero-order chi connectivity index (χ0) is 12.2. The molecule has 16 heavy (non-hydrogen) atoms. The smallest absolute Gasteiger partial charge is 0.122 e. The molecule has 0 aliphatic rings. The number of hydrogen-bond acceptors (Lipinski definition) is 2. The molecule has 0 saturated heterocycles. The number of nitrogens with one attached hydrogen (secondary N) is 1. The highest BCUT2D eigenvalue weighted by Gasteiger charge is 2.08. The van der Waals surface area contributed by atoms with Gasteiger partial charge in [0.15, 0.2) is 0 Å². The van der Waals surface area contributed by atoms with Crippen molar-refractivity contribution in [1.29, 1.82) is 0 Å². The summed E-state index contributed by atoms with van der Waals surface area (Å²) in [5.74, 6) is 0.996. The third-order valence-corrected chi connectivity index (χ3v) is 2.57. The van der Waals surface area contributed by atoms with Crippen LogP contribution in [0.15, 0.2) is 18.2 Å². The first kappa shape index (κ1) is 13.0. The van der Waals surface area contributed by atoms with Crippen molar-refractivity contribution in [2.75, 3.05) is 13.2 Å². The second-order valence-corrected chi connectivity index (χ2v) is 5.22. The van der Waals surface area contributed by atoms with Gasteiger partial charge in [-0.1, -0.05) is 12.1 Å². The fraction of sp³-hybridized carbons (Fsp3) is 0.571. The first-order valence-corrected chi connectivity index (χ1v) is 5.84. The van der Waals surface area contributed by atoms with Gasteiger partial charge in [-0.3, -0.25) is 0 Å². The third-order valence-electron chi connectivity index (χ3n) is 2.57. The first-order chi connectivity index (χ1) is 7.40. The van der Waals surface area contributed by atoms with E-state index in [0.717, 1.165) is 12.3 Å². The lowest BCUT2D eigenvalue weighted by molar-refractivity contribution is 0.289. The van der Waals surface area contributed by atoms with Gasteiger partial charge >= 0.3 is 0 Å². The summed E-state index contributed by atoms with van der Waals surface area (Å²) in [5, 5.41) is 3.40. The quantitative estimate of drug-likeness (QED) is 0.789. The summed E-state index contributed by atoms with van der Waals surface area (Å²) in [6, 6.07) is 6.17. The highest BCUT2D eigenvalue weighted by atomic mass is 16.5. The molecule has 0 radical (unpaired) electrons. The largest absolute Gasteiger partial charge is 0.492 e. The predicted molar refractivity (Wildman–Crippen MR) is 69.2 cm³/mol. The zero-order valence-corrected chi connectivity index (χ0v) is 11.1. The molecule has 0 amide bonds. The molecule has 1 aromatic rings. The van der Waals surface area contributed by atoms with Crippen molar-refractivity contribution in [3.8, 4) is 5.75 Å². The Hall–Kier alpha value is -1.02. The summed E-state index contributed by atoms with van der Waals surface area (Å²) in [7, 11) is 0. The van der Waals surface area contributed by atoms with E-state index in [-0.39, 0.29) is 5.54 Å². The Bertz CT molecular complexity index is 339. The van der Waals surface area contributed by atoms with Crippen LogP contribution in [0.2, 0.25) is 0 Å². The van der Waals surface area contributed by atoms with Crippen LogP contribution in [0, 0.1) is 13.8 Å². The second-order valence-electron chi connectivity index (χ2n) is 5.22. The van der Waals surface area contributed by atoms with E-state index in [9.17, 15) is 0 Å². The summed E-state index contributed by atoms with van der Waals surface area (Å²) in [6.07, 6.45) is 0. The molecule has 0 spiro atoms. The van der Waals surface area contributed by atoms with Gasteiger partial charge in [0.25, 0.3) is 0 Å². The Kier molecular flexibility index (Phi) is 4.36. The van der Waals surface area contributed by atoms with Crippen molar-refractivity contribution in [2.24, 2.45) is 0 Å². The van der Waals surface area contributed by atoms with Gasteiger partial charge in [0.1, 0.15) is 12.4 Å². The van der Waals surface area contributed by atoms with Gasteiger partial charge in [-0.05, 0) is 51.8 Å². The fourth-order valence-electron chi connectivity index (χ4n) is 1.47. The molecule has 90 valence electrons. The number of hydrogen-bond donors (Lipinski definition) is 1. The topological polar surface area (TPSA) is 21.3 Å². The van der Waals surface area contributed by atoms with Crippen LogP contribution in [0.4, 0.5) is 0 Å². The van der Waals surface area contributed by atoms with Crippen LogP contribution in [0.1, 0.15) is 31.9 Å². The van der Waals surface area contributed by atoms with Gasteiger partial charge in [-0.15, -0.1) is 0 Å². The normalized spacial score (nSPS) is 11.6. The van der Waals surface area contributed by atoms with Gasteiger partial charge in [-0.25, -0.2) is 0 Å². The monoisotopic (exact) mass is 221 g/mol. The summed E-state index contributed by atoms with van der Waals surface area (Å²) in [6.45, 7) is 12.3. The van der Waals surface area contributed by atoms with E-state index < -0.39 is 0 Å². The van der Waals surface area contributed by atoms with Crippen LogP contribution in [0.25, 0.3) is 0 Å². The minimum absolute atomic E-state index is 0.158. The maximum absolute atomic E-state index is 5.75. The van der Waals surface area contributed by atoms with Gasteiger partial charge in [0, 0.05) is 12.1 Å². The number of benzene rings is 1. The maximum Gasteiger partial charge on any atom is 0.122 e. The van der Waals surface area contributed by atoms with Gasteiger partial charge in [0.2, 0.25) is 0 Å². The molecule has 0 fully saturated rings. The van der Waals surface area contributed by atoms with Crippen molar-refractivity contribution >= 4 is 0 Å². The highest BCUT2D eigenvalue weighted by Crippen LogP contribution is 2.20. The second kappa shape index (κ2) is 5.35. The van der Waals surface area contributed by atoms with Crippen LogP contribution in [0.5, 0.6) is 5.75 Å². The van der Waals surface area contributed by atoms with Crippen LogP contribution in [-0.4, -0.2) is 18.7 Å². The van der Waals surface area contributed by atoms with Crippen LogP contribution in [0.3, 0.4) is 0 Å². The average molecular weight is 221 g/mol. The molecule has 0 heterocycles. The molecule has 0 unspecified atom stereocenters. The third kappa shape index (κ3) is 4.23. The van der Waals surface area contributed by atoms with Gasteiger partial charge in [0.05, 0.1) is 0 Å². The lowest BCUT2D eigenvalue weighted by atomic mass is 10.1. The minimum Gasteiger partial charge on any atom is -0.492 e. The standard InChI is InChI=1S/C14H23NO/c1-11-7-6-8-13(12(11)2)16-10-9-15-14(3,4)5/h6-8,15H,9-10H2,1-5H3. The molecular weight excluding hydrogens is 198 g/mol. The predicted octanol–water partition coefficient (Wildman–Crippen LogP) is 3.07. The van der Waals surface area contributed by atoms with Gasteiger partial charge < -0.3 is 10.1 Å². The van der Waals surface area contributed by atoms with Crippen LogP contribution in [-0.2, 0) is 0 Å². The summed E-state index contributed by atoms with van der Waals surface area (Å²) in [4.78, 5) is 0. The van der Waals surface area contributed by atoms with Crippen molar-refractivity contribution in [3.63, 3.8) is 0 Å². The average Bonchev–Trinajstić information content (AvgIpc) is 2.17. The van der Waals surface area contributed by atoms with E-state index in [1.165, 1.54) is 11.1 Å². The van der Waals surface area contributed by atoms with Crippen LogP contribution < -0.4 is 10.1 Å². The Labute approximate surface area is 99.0 Å². The fourth-order valence-corrected chi connectivity index (χ4v) is 1.47. The maximum atomic E-state index is 5.75. The molecule has 1 rings (SSSR count). The molecule has 0 saturated carbocycles. The molecular formula is C14H23NO. The van der Waals surface area contributed by atoms with E-state index >= 15 is 0 Å². The van der Waals surface area contributed by atoms with Crippen molar-refractivity contribution < 1.29 is 4.74 Å². The van der Waals surface area contributed by atoms with Gasteiger partial charge in [-0.2, -0.15) is 0 Å².